The Kier molecular flexibility index (Phi) is 6.80. The molecule has 0 bridgehead atoms. The van der Waals surface area contributed by atoms with Gasteiger partial charge in [-0.1, -0.05) is 18.2 Å². The van der Waals surface area contributed by atoms with E-state index in [1.54, 1.807) is 18.5 Å². The Morgan fingerprint density at radius 2 is 1.86 bits per heavy atom. The van der Waals surface area contributed by atoms with E-state index in [1.165, 1.54) is 0 Å². The minimum absolute atomic E-state index is 0.0179. The van der Waals surface area contributed by atoms with E-state index in [2.05, 4.69) is 31.1 Å². The number of carbonyl (C=O) groups excluding carboxylic acids is 2. The molecule has 0 aliphatic carbocycles. The average molecular weight is 445 g/mol. The van der Waals surface area contributed by atoms with E-state index in [0.717, 1.165) is 34.3 Å². The van der Waals surface area contributed by atoms with Gasteiger partial charge < -0.3 is 10.2 Å². The number of hydrogen-bond acceptors (Lipinski definition) is 4. The molecule has 6 nitrogen and oxygen atoms in total. The van der Waals surface area contributed by atoms with E-state index in [0.29, 0.717) is 31.7 Å². The van der Waals surface area contributed by atoms with Gasteiger partial charge in [0.1, 0.15) is 0 Å². The normalized spacial score (nSPS) is 15.2. The van der Waals surface area contributed by atoms with Crippen LogP contribution >= 0.6 is 15.9 Å². The van der Waals surface area contributed by atoms with Crippen LogP contribution in [0.1, 0.15) is 27.9 Å². The second kappa shape index (κ2) is 9.30. The van der Waals surface area contributed by atoms with Crippen molar-refractivity contribution >= 4 is 33.4 Å². The Labute approximate surface area is 174 Å². The van der Waals surface area contributed by atoms with Crippen LogP contribution < -0.4 is 5.32 Å². The number of nitrogens with one attached hydrogen (secondary N) is 1. The third-order valence-corrected chi connectivity index (χ3v) is 5.37. The van der Waals surface area contributed by atoms with Gasteiger partial charge in [-0.2, -0.15) is 0 Å². The van der Waals surface area contributed by atoms with Gasteiger partial charge in [-0.25, -0.2) is 0 Å². The number of nitrogens with zero attached hydrogens (tertiary/aromatic N) is 3. The second-order valence-corrected chi connectivity index (χ2v) is 8.04. The Bertz CT molecular complexity index is 851. The molecular weight excluding hydrogens is 420 g/mol. The van der Waals surface area contributed by atoms with Crippen molar-refractivity contribution in [2.45, 2.75) is 20.3 Å². The van der Waals surface area contributed by atoms with Gasteiger partial charge in [0.25, 0.3) is 5.91 Å². The van der Waals surface area contributed by atoms with Crippen molar-refractivity contribution in [3.63, 3.8) is 0 Å². The van der Waals surface area contributed by atoms with Crippen LogP contribution in [0, 0.1) is 13.8 Å². The van der Waals surface area contributed by atoms with Crippen molar-refractivity contribution in [1.29, 1.82) is 0 Å². The number of pyridine rings is 1. The smallest absolute Gasteiger partial charge is 0.255 e. The summed E-state index contributed by atoms with van der Waals surface area (Å²) in [4.78, 5) is 33.3. The van der Waals surface area contributed by atoms with Gasteiger partial charge in [0.2, 0.25) is 5.91 Å². The lowest BCUT2D eigenvalue weighted by atomic mass is 10.1. The van der Waals surface area contributed by atoms with E-state index in [9.17, 15) is 9.59 Å². The molecule has 1 fully saturated rings. The van der Waals surface area contributed by atoms with Gasteiger partial charge in [0.15, 0.2) is 0 Å². The first kappa shape index (κ1) is 20.5. The maximum atomic E-state index is 12.7. The van der Waals surface area contributed by atoms with Crippen molar-refractivity contribution < 1.29 is 9.59 Å². The highest BCUT2D eigenvalue weighted by Gasteiger charge is 2.22. The van der Waals surface area contributed by atoms with Crippen molar-refractivity contribution in [3.8, 4) is 0 Å². The largest absolute Gasteiger partial charge is 0.337 e. The molecule has 0 spiro atoms. The number of aryl methyl sites for hydroxylation is 2. The van der Waals surface area contributed by atoms with Gasteiger partial charge in [0.05, 0.1) is 12.1 Å². The second-order valence-electron chi connectivity index (χ2n) is 7.13. The van der Waals surface area contributed by atoms with E-state index in [1.807, 2.05) is 36.9 Å². The van der Waals surface area contributed by atoms with Crippen LogP contribution in [0.5, 0.6) is 0 Å². The lowest BCUT2D eigenvalue weighted by Gasteiger charge is -2.22. The molecule has 7 heteroatoms. The van der Waals surface area contributed by atoms with E-state index in [4.69, 9.17) is 0 Å². The Hall–Kier alpha value is -2.25. The number of hydrogen-bond donors (Lipinski definition) is 1. The monoisotopic (exact) mass is 444 g/mol. The zero-order chi connectivity index (χ0) is 20.1. The average Bonchev–Trinajstić information content (AvgIpc) is 2.90. The maximum absolute atomic E-state index is 12.7. The lowest BCUT2D eigenvalue weighted by molar-refractivity contribution is -0.117. The lowest BCUT2D eigenvalue weighted by Crippen LogP contribution is -2.38. The summed E-state index contributed by atoms with van der Waals surface area (Å²) in [6, 6.07) is 7.77. The first-order chi connectivity index (χ1) is 13.4. The van der Waals surface area contributed by atoms with Gasteiger partial charge >= 0.3 is 0 Å². The minimum atomic E-state index is -0.0200. The first-order valence-corrected chi connectivity index (χ1v) is 10.2. The van der Waals surface area contributed by atoms with Gasteiger partial charge in [-0.05, 0) is 53.4 Å². The van der Waals surface area contributed by atoms with Gasteiger partial charge in [0, 0.05) is 48.7 Å². The molecule has 0 unspecified atom stereocenters. The van der Waals surface area contributed by atoms with Gasteiger partial charge in [-0.15, -0.1) is 0 Å². The molecule has 2 aromatic rings. The predicted molar refractivity (Wildman–Crippen MR) is 113 cm³/mol. The summed E-state index contributed by atoms with van der Waals surface area (Å²) in [6.45, 7) is 7.06. The van der Waals surface area contributed by atoms with Crippen LogP contribution in [-0.4, -0.2) is 59.3 Å². The van der Waals surface area contributed by atoms with Crippen LogP contribution in [0.3, 0.4) is 0 Å². The van der Waals surface area contributed by atoms with Crippen molar-refractivity contribution in [2.75, 3.05) is 38.0 Å². The minimum Gasteiger partial charge on any atom is -0.337 e. The van der Waals surface area contributed by atoms with E-state index >= 15 is 0 Å². The first-order valence-electron chi connectivity index (χ1n) is 9.42. The molecule has 0 radical (unpaired) electrons. The van der Waals surface area contributed by atoms with Crippen LogP contribution in [-0.2, 0) is 4.79 Å². The highest BCUT2D eigenvalue weighted by atomic mass is 79.9. The molecule has 3 rings (SSSR count). The zero-order valence-electron chi connectivity index (χ0n) is 16.2. The standard InChI is InChI=1S/C21H25BrN4O2/c1-15-5-3-6-16(2)20(15)24-19(27)14-25-7-4-8-26(10-9-25)21(28)17-11-18(22)13-23-12-17/h3,5-6,11-13H,4,7-10,14H2,1-2H3,(H,24,27). The fourth-order valence-electron chi connectivity index (χ4n) is 3.44. The molecule has 1 aliphatic heterocycles. The number of aromatic nitrogens is 1. The third-order valence-electron chi connectivity index (χ3n) is 4.94. The number of carbonyl (C=O) groups is 2. The Balaban J connectivity index is 1.56. The molecule has 0 saturated carbocycles. The number of para-hydroxylation sites is 1. The third kappa shape index (κ3) is 5.17. The molecule has 1 N–H and O–H groups in total. The van der Waals surface area contributed by atoms with Crippen molar-refractivity contribution in [3.05, 3.63) is 57.8 Å². The molecule has 0 atom stereocenters. The Morgan fingerprint density at radius 1 is 1.11 bits per heavy atom. The molecule has 2 heterocycles. The summed E-state index contributed by atoms with van der Waals surface area (Å²) < 4.78 is 0.790. The number of amides is 2. The fraction of sp³-hybridized carbons (Fsp3) is 0.381. The quantitative estimate of drug-likeness (QED) is 0.785. The SMILES string of the molecule is Cc1cccc(C)c1NC(=O)CN1CCCN(C(=O)c2cncc(Br)c2)CC1. The topological polar surface area (TPSA) is 65.5 Å². The highest BCUT2D eigenvalue weighted by molar-refractivity contribution is 9.10. The number of anilines is 1. The molecule has 1 saturated heterocycles. The van der Waals surface area contributed by atoms with Crippen LogP contribution in [0.15, 0.2) is 41.1 Å². The summed E-state index contributed by atoms with van der Waals surface area (Å²) in [5.41, 5.74) is 3.59. The molecular formula is C21H25BrN4O2. The molecule has 1 aromatic carbocycles. The van der Waals surface area contributed by atoms with Gasteiger partial charge in [-0.3, -0.25) is 19.5 Å². The van der Waals surface area contributed by atoms with E-state index < -0.39 is 0 Å². The predicted octanol–water partition coefficient (Wildman–Crippen LogP) is 3.25. The summed E-state index contributed by atoms with van der Waals surface area (Å²) in [5, 5.41) is 3.04. The van der Waals surface area contributed by atoms with Crippen LogP contribution in [0.2, 0.25) is 0 Å². The van der Waals surface area contributed by atoms with Crippen LogP contribution in [0.4, 0.5) is 5.69 Å². The summed E-state index contributed by atoms with van der Waals surface area (Å²) in [5.74, 6) is -0.0380. The number of halogens is 1. The fourth-order valence-corrected chi connectivity index (χ4v) is 3.80. The van der Waals surface area contributed by atoms with E-state index in [-0.39, 0.29) is 11.8 Å². The Morgan fingerprint density at radius 3 is 2.57 bits per heavy atom. The maximum Gasteiger partial charge on any atom is 0.255 e. The molecule has 1 aliphatic rings. The summed E-state index contributed by atoms with van der Waals surface area (Å²) in [7, 11) is 0. The number of benzene rings is 1. The highest BCUT2D eigenvalue weighted by Crippen LogP contribution is 2.19. The molecule has 148 valence electrons. The molecule has 1 aromatic heterocycles. The molecule has 2 amide bonds. The summed E-state index contributed by atoms with van der Waals surface area (Å²) in [6.07, 6.45) is 4.09. The number of rotatable bonds is 4. The molecule has 28 heavy (non-hydrogen) atoms. The zero-order valence-corrected chi connectivity index (χ0v) is 17.8. The van der Waals surface area contributed by atoms with Crippen molar-refractivity contribution in [1.82, 2.24) is 14.8 Å². The summed E-state index contributed by atoms with van der Waals surface area (Å²) >= 11 is 3.36. The van der Waals surface area contributed by atoms with Crippen LogP contribution in [0.25, 0.3) is 0 Å². The van der Waals surface area contributed by atoms with Crippen molar-refractivity contribution in [2.24, 2.45) is 0 Å².